The van der Waals surface area contributed by atoms with E-state index in [1.807, 2.05) is 0 Å². The molecular weight excluding hydrogens is 211 g/mol. The summed E-state index contributed by atoms with van der Waals surface area (Å²) in [6.45, 7) is 9.06. The van der Waals surface area contributed by atoms with E-state index in [4.69, 9.17) is 13.8 Å². The zero-order chi connectivity index (χ0) is 11.1. The largest absolute Gasteiger partial charge is 0.489 e. The van der Waals surface area contributed by atoms with Crippen LogP contribution in [-0.4, -0.2) is 17.8 Å². The molecule has 2 rings (SSSR count). The maximum Gasteiger partial charge on any atom is 0.243 e. The quantitative estimate of drug-likeness (QED) is 0.645. The molecule has 0 bridgehead atoms. The van der Waals surface area contributed by atoms with E-state index >= 15 is 0 Å². The van der Waals surface area contributed by atoms with Gasteiger partial charge in [0.05, 0.1) is 17.8 Å². The van der Waals surface area contributed by atoms with E-state index in [1.54, 1.807) is 0 Å². The summed E-state index contributed by atoms with van der Waals surface area (Å²) in [6.07, 6.45) is 4.27. The molecule has 15 heavy (non-hydrogen) atoms. The summed E-state index contributed by atoms with van der Waals surface area (Å²) < 4.78 is 17.5. The van der Waals surface area contributed by atoms with Crippen LogP contribution in [0.15, 0.2) is 11.6 Å². The summed E-state index contributed by atoms with van der Waals surface area (Å²) in [7, 11) is -1.00. The molecule has 3 nitrogen and oxygen atoms in total. The molecule has 0 radical (unpaired) electrons. The Labute approximate surface area is 92.7 Å². The summed E-state index contributed by atoms with van der Waals surface area (Å²) >= 11 is 0. The van der Waals surface area contributed by atoms with Gasteiger partial charge in [0.1, 0.15) is 0 Å². The third-order valence-corrected chi connectivity index (χ3v) is 5.09. The maximum atomic E-state index is 5.95. The highest BCUT2D eigenvalue weighted by Crippen LogP contribution is 2.62. The van der Waals surface area contributed by atoms with Crippen molar-refractivity contribution >= 4 is 8.38 Å². The first-order chi connectivity index (χ1) is 6.92. The van der Waals surface area contributed by atoms with Gasteiger partial charge >= 0.3 is 0 Å². The standard InChI is InChI=1S/C11H19O3P/c1-10(2)11(3,4)14-15(13-10)9-7-5-6-8-12-9/h7H,5-6,8H2,1-4H3. The summed E-state index contributed by atoms with van der Waals surface area (Å²) in [5, 5.41) is 0. The van der Waals surface area contributed by atoms with Gasteiger partial charge in [0, 0.05) is 0 Å². The molecule has 2 aliphatic rings. The summed E-state index contributed by atoms with van der Waals surface area (Å²) in [5.74, 6) is 0. The Morgan fingerprint density at radius 1 is 1.13 bits per heavy atom. The summed E-state index contributed by atoms with van der Waals surface area (Å²) in [4.78, 5) is 0. The van der Waals surface area contributed by atoms with Crippen molar-refractivity contribution < 1.29 is 13.8 Å². The first-order valence-corrected chi connectivity index (χ1v) is 6.61. The first-order valence-electron chi connectivity index (χ1n) is 5.44. The van der Waals surface area contributed by atoms with Gasteiger partial charge in [-0.15, -0.1) is 0 Å². The van der Waals surface area contributed by atoms with Crippen molar-refractivity contribution in [3.05, 3.63) is 11.6 Å². The Balaban J connectivity index is 2.12. The molecule has 86 valence electrons. The van der Waals surface area contributed by atoms with E-state index in [2.05, 4.69) is 33.8 Å². The minimum absolute atomic E-state index is 0.250. The second-order valence-corrected chi connectivity index (χ2v) is 6.31. The molecule has 0 N–H and O–H groups in total. The van der Waals surface area contributed by atoms with E-state index in [-0.39, 0.29) is 11.2 Å². The second kappa shape index (κ2) is 3.73. The van der Waals surface area contributed by atoms with Crippen molar-refractivity contribution in [3.63, 3.8) is 0 Å². The van der Waals surface area contributed by atoms with Crippen molar-refractivity contribution in [2.75, 3.05) is 6.61 Å². The lowest BCUT2D eigenvalue weighted by Crippen LogP contribution is -2.41. The lowest BCUT2D eigenvalue weighted by Gasteiger charge is -2.29. The minimum atomic E-state index is -1.00. The van der Waals surface area contributed by atoms with Gasteiger partial charge in [-0.2, -0.15) is 0 Å². The van der Waals surface area contributed by atoms with Crippen LogP contribution in [0.1, 0.15) is 40.5 Å². The predicted octanol–water partition coefficient (Wildman–Crippen LogP) is 3.55. The fourth-order valence-corrected chi connectivity index (χ4v) is 3.38. The SMILES string of the molecule is CC1(C)OP(C2=CCCCO2)OC1(C)C. The molecule has 0 atom stereocenters. The van der Waals surface area contributed by atoms with E-state index in [1.165, 1.54) is 0 Å². The van der Waals surface area contributed by atoms with Crippen molar-refractivity contribution in [3.8, 4) is 0 Å². The van der Waals surface area contributed by atoms with Gasteiger partial charge in [-0.3, -0.25) is 0 Å². The lowest BCUT2D eigenvalue weighted by atomic mass is 9.90. The number of rotatable bonds is 1. The van der Waals surface area contributed by atoms with Gasteiger partial charge in [-0.1, -0.05) is 0 Å². The number of hydrogen-bond acceptors (Lipinski definition) is 3. The van der Waals surface area contributed by atoms with Crippen LogP contribution < -0.4 is 0 Å². The Hall–Kier alpha value is -0.110. The van der Waals surface area contributed by atoms with Gasteiger partial charge in [0.2, 0.25) is 8.38 Å². The van der Waals surface area contributed by atoms with Gasteiger partial charge < -0.3 is 13.8 Å². The zero-order valence-corrected chi connectivity index (χ0v) is 10.8. The molecule has 0 saturated carbocycles. The average Bonchev–Trinajstić information content (AvgIpc) is 2.38. The minimum Gasteiger partial charge on any atom is -0.489 e. The van der Waals surface area contributed by atoms with Crippen LogP contribution in [0.25, 0.3) is 0 Å². The Morgan fingerprint density at radius 3 is 2.20 bits per heavy atom. The molecule has 1 fully saturated rings. The second-order valence-electron chi connectivity index (χ2n) is 4.99. The van der Waals surface area contributed by atoms with Gasteiger partial charge in [0.15, 0.2) is 5.50 Å². The van der Waals surface area contributed by atoms with Crippen LogP contribution in [-0.2, 0) is 13.8 Å². The smallest absolute Gasteiger partial charge is 0.243 e. The molecule has 0 aromatic carbocycles. The third kappa shape index (κ3) is 2.06. The van der Waals surface area contributed by atoms with E-state index in [0.717, 1.165) is 24.9 Å². The summed E-state index contributed by atoms with van der Waals surface area (Å²) in [5.41, 5.74) is 0.413. The van der Waals surface area contributed by atoms with Crippen molar-refractivity contribution in [1.82, 2.24) is 0 Å². The van der Waals surface area contributed by atoms with Crippen LogP contribution in [0.3, 0.4) is 0 Å². The molecule has 0 aromatic rings. The molecular formula is C11H19O3P. The highest BCUT2D eigenvalue weighted by atomic mass is 31.2. The van der Waals surface area contributed by atoms with Gasteiger partial charge in [0.25, 0.3) is 0 Å². The van der Waals surface area contributed by atoms with Crippen molar-refractivity contribution in [1.29, 1.82) is 0 Å². The van der Waals surface area contributed by atoms with Crippen molar-refractivity contribution in [2.45, 2.75) is 51.7 Å². The fourth-order valence-electron chi connectivity index (χ4n) is 1.41. The molecule has 0 spiro atoms. The fraction of sp³-hybridized carbons (Fsp3) is 0.818. The zero-order valence-electron chi connectivity index (χ0n) is 9.87. The molecule has 0 amide bonds. The number of ether oxygens (including phenoxy) is 1. The van der Waals surface area contributed by atoms with E-state index in [9.17, 15) is 0 Å². The summed E-state index contributed by atoms with van der Waals surface area (Å²) in [6, 6.07) is 0. The lowest BCUT2D eigenvalue weighted by molar-refractivity contribution is 0.00578. The van der Waals surface area contributed by atoms with Crippen LogP contribution in [0, 0.1) is 0 Å². The maximum absolute atomic E-state index is 5.95. The third-order valence-electron chi connectivity index (χ3n) is 3.17. The molecule has 2 aliphatic heterocycles. The molecule has 1 saturated heterocycles. The van der Waals surface area contributed by atoms with Crippen LogP contribution in [0.5, 0.6) is 0 Å². The van der Waals surface area contributed by atoms with Gasteiger partial charge in [-0.05, 0) is 46.6 Å². The average molecular weight is 230 g/mol. The Kier molecular flexibility index (Phi) is 2.83. The molecule has 0 aliphatic carbocycles. The first kappa shape index (κ1) is 11.4. The Morgan fingerprint density at radius 2 is 1.73 bits per heavy atom. The number of allylic oxidation sites excluding steroid dienone is 1. The van der Waals surface area contributed by atoms with E-state index < -0.39 is 8.38 Å². The van der Waals surface area contributed by atoms with Crippen molar-refractivity contribution in [2.24, 2.45) is 0 Å². The predicted molar refractivity (Wildman–Crippen MR) is 60.5 cm³/mol. The van der Waals surface area contributed by atoms with Crippen LogP contribution in [0.4, 0.5) is 0 Å². The van der Waals surface area contributed by atoms with E-state index in [0.29, 0.717) is 0 Å². The topological polar surface area (TPSA) is 27.7 Å². The highest BCUT2D eigenvalue weighted by molar-refractivity contribution is 7.52. The molecule has 0 aromatic heterocycles. The highest BCUT2D eigenvalue weighted by Gasteiger charge is 2.51. The van der Waals surface area contributed by atoms with Crippen LogP contribution in [0.2, 0.25) is 0 Å². The molecule has 4 heteroatoms. The normalized spacial score (nSPS) is 29.7. The Bertz CT molecular complexity index is 268. The van der Waals surface area contributed by atoms with Gasteiger partial charge in [-0.25, -0.2) is 0 Å². The van der Waals surface area contributed by atoms with Crippen LogP contribution >= 0.6 is 8.38 Å². The molecule has 2 heterocycles. The monoisotopic (exact) mass is 230 g/mol. The molecule has 0 unspecified atom stereocenters. The number of hydrogen-bond donors (Lipinski definition) is 0.